The highest BCUT2D eigenvalue weighted by Gasteiger charge is 2.25. The van der Waals surface area contributed by atoms with E-state index in [4.69, 9.17) is 9.29 Å². The molecule has 2 aromatic rings. The fourth-order valence-electron chi connectivity index (χ4n) is 2.70. The van der Waals surface area contributed by atoms with E-state index >= 15 is 0 Å². The second-order valence-corrected chi connectivity index (χ2v) is 8.73. The molecule has 0 aliphatic carbocycles. The van der Waals surface area contributed by atoms with Gasteiger partial charge in [-0.1, -0.05) is 30.0 Å². The maximum atomic E-state index is 11.8. The molecule has 1 aliphatic heterocycles. The standard InChI is InChI=1S/C18H16O5S2/c1-25(21,22)18-5-3-2-4-14(18)8-6-13-7-9-16-15(12-24(19)20)11-23-17(16)10-13/h2-5,7,9-10,15H,11-12H2,1H3,(H,19,20). The Hall–Kier alpha value is -2.14. The first-order chi connectivity index (χ1) is 11.8. The van der Waals surface area contributed by atoms with E-state index in [1.54, 1.807) is 30.3 Å². The molecule has 3 rings (SSSR count). The number of ether oxygens (including phenoxy) is 1. The zero-order chi connectivity index (χ0) is 18.0. The lowest BCUT2D eigenvalue weighted by Gasteiger charge is -2.04. The number of hydrogen-bond acceptors (Lipinski definition) is 4. The summed E-state index contributed by atoms with van der Waals surface area (Å²) in [6.45, 7) is 0.370. The van der Waals surface area contributed by atoms with Crippen molar-refractivity contribution in [3.05, 3.63) is 59.2 Å². The fraction of sp³-hybridized carbons (Fsp3) is 0.222. The average Bonchev–Trinajstić information content (AvgIpc) is 2.94. The molecule has 25 heavy (non-hydrogen) atoms. The average molecular weight is 376 g/mol. The fourth-order valence-corrected chi connectivity index (χ4v) is 4.16. The summed E-state index contributed by atoms with van der Waals surface area (Å²) in [4.78, 5) is 0.199. The van der Waals surface area contributed by atoms with Gasteiger partial charge in [0.1, 0.15) is 5.75 Å². The van der Waals surface area contributed by atoms with E-state index in [9.17, 15) is 12.6 Å². The first kappa shape index (κ1) is 17.7. The van der Waals surface area contributed by atoms with Gasteiger partial charge in [0.25, 0.3) is 0 Å². The third-order valence-corrected chi connectivity index (χ3v) is 5.71. The Morgan fingerprint density at radius 2 is 2.00 bits per heavy atom. The van der Waals surface area contributed by atoms with E-state index in [2.05, 4.69) is 11.8 Å². The monoisotopic (exact) mass is 376 g/mol. The van der Waals surface area contributed by atoms with E-state index in [-0.39, 0.29) is 16.6 Å². The highest BCUT2D eigenvalue weighted by Crippen LogP contribution is 2.34. The van der Waals surface area contributed by atoms with Gasteiger partial charge < -0.3 is 9.29 Å². The minimum Gasteiger partial charge on any atom is -0.493 e. The van der Waals surface area contributed by atoms with Crippen LogP contribution >= 0.6 is 0 Å². The SMILES string of the molecule is CS(=O)(=O)c1ccccc1C#Cc1ccc2c(c1)OCC2CS(=O)O. The van der Waals surface area contributed by atoms with Crippen LogP contribution < -0.4 is 4.74 Å². The van der Waals surface area contributed by atoms with Crippen LogP contribution in [0.4, 0.5) is 0 Å². The molecule has 5 nitrogen and oxygen atoms in total. The van der Waals surface area contributed by atoms with Crippen molar-refractivity contribution in [3.8, 4) is 17.6 Å². The van der Waals surface area contributed by atoms with Crippen molar-refractivity contribution >= 4 is 20.9 Å². The Morgan fingerprint density at radius 3 is 2.72 bits per heavy atom. The van der Waals surface area contributed by atoms with E-state index in [0.717, 1.165) is 11.8 Å². The number of rotatable bonds is 3. The number of hydrogen-bond donors (Lipinski definition) is 1. The van der Waals surface area contributed by atoms with Crippen LogP contribution in [0.5, 0.6) is 5.75 Å². The van der Waals surface area contributed by atoms with Gasteiger partial charge in [-0.3, -0.25) is 0 Å². The van der Waals surface area contributed by atoms with Gasteiger partial charge in [-0.15, -0.1) is 0 Å². The van der Waals surface area contributed by atoms with Gasteiger partial charge in [0.15, 0.2) is 20.9 Å². The van der Waals surface area contributed by atoms with Crippen molar-refractivity contribution < 1.29 is 21.9 Å². The van der Waals surface area contributed by atoms with E-state index in [0.29, 0.717) is 23.5 Å². The Morgan fingerprint density at radius 1 is 1.24 bits per heavy atom. The molecule has 2 atom stereocenters. The van der Waals surface area contributed by atoms with Crippen molar-refractivity contribution in [1.82, 2.24) is 0 Å². The molecule has 0 aromatic heterocycles. The molecule has 0 bridgehead atoms. The Labute approximate surface area is 149 Å². The van der Waals surface area contributed by atoms with Gasteiger partial charge in [0, 0.05) is 28.9 Å². The first-order valence-electron chi connectivity index (χ1n) is 7.50. The van der Waals surface area contributed by atoms with Crippen molar-refractivity contribution in [2.45, 2.75) is 10.8 Å². The molecule has 0 spiro atoms. The molecule has 1 aliphatic rings. The number of sulfone groups is 1. The van der Waals surface area contributed by atoms with Gasteiger partial charge in [-0.2, -0.15) is 0 Å². The predicted octanol–water partition coefficient (Wildman–Crippen LogP) is 2.19. The normalized spacial score (nSPS) is 17.1. The zero-order valence-corrected chi connectivity index (χ0v) is 15.1. The number of fused-ring (bicyclic) bond motifs is 1. The maximum Gasteiger partial charge on any atom is 0.176 e. The summed E-state index contributed by atoms with van der Waals surface area (Å²) in [7, 11) is -3.35. The molecular weight excluding hydrogens is 360 g/mol. The quantitative estimate of drug-likeness (QED) is 0.656. The summed E-state index contributed by atoms with van der Waals surface area (Å²) in [5.41, 5.74) is 2.03. The van der Waals surface area contributed by atoms with Crippen LogP contribution in [0.15, 0.2) is 47.4 Å². The van der Waals surface area contributed by atoms with Gasteiger partial charge in [0.05, 0.1) is 17.3 Å². The van der Waals surface area contributed by atoms with Gasteiger partial charge in [-0.05, 0) is 24.3 Å². The van der Waals surface area contributed by atoms with Crippen LogP contribution in [-0.4, -0.2) is 35.8 Å². The van der Waals surface area contributed by atoms with Crippen LogP contribution in [0, 0.1) is 11.8 Å². The summed E-state index contributed by atoms with van der Waals surface area (Å²) in [5, 5.41) is 0. The first-order valence-corrected chi connectivity index (χ1v) is 10.7. The van der Waals surface area contributed by atoms with Crippen LogP contribution in [0.3, 0.4) is 0 Å². The van der Waals surface area contributed by atoms with Gasteiger partial charge >= 0.3 is 0 Å². The third-order valence-electron chi connectivity index (χ3n) is 3.87. The molecule has 0 saturated carbocycles. The highest BCUT2D eigenvalue weighted by atomic mass is 32.2. The lowest BCUT2D eigenvalue weighted by Crippen LogP contribution is -2.10. The zero-order valence-electron chi connectivity index (χ0n) is 13.4. The minimum absolute atomic E-state index is 0.103. The van der Waals surface area contributed by atoms with Gasteiger partial charge in [0.2, 0.25) is 0 Å². The van der Waals surface area contributed by atoms with E-state index < -0.39 is 20.9 Å². The summed E-state index contributed by atoms with van der Waals surface area (Å²) in [5.74, 6) is 6.54. The molecule has 1 N–H and O–H groups in total. The van der Waals surface area contributed by atoms with E-state index in [1.807, 2.05) is 6.07 Å². The molecule has 130 valence electrons. The molecule has 7 heteroatoms. The summed E-state index contributed by atoms with van der Waals surface area (Å²) < 4.78 is 49.2. The van der Waals surface area contributed by atoms with E-state index in [1.165, 1.54) is 6.07 Å². The largest absolute Gasteiger partial charge is 0.493 e. The lowest BCUT2D eigenvalue weighted by molar-refractivity contribution is 0.337. The van der Waals surface area contributed by atoms with Crippen LogP contribution in [0.25, 0.3) is 0 Å². The molecule has 1 heterocycles. The van der Waals surface area contributed by atoms with Crippen molar-refractivity contribution in [3.63, 3.8) is 0 Å². The van der Waals surface area contributed by atoms with Crippen LogP contribution in [-0.2, 0) is 20.9 Å². The summed E-state index contributed by atoms with van der Waals surface area (Å²) in [6, 6.07) is 12.0. The smallest absolute Gasteiger partial charge is 0.176 e. The maximum absolute atomic E-state index is 11.8. The number of benzene rings is 2. The Bertz CT molecular complexity index is 1000. The molecule has 2 aromatic carbocycles. The van der Waals surface area contributed by atoms with Crippen molar-refractivity contribution in [2.75, 3.05) is 18.6 Å². The summed E-state index contributed by atoms with van der Waals surface area (Å²) >= 11 is -1.87. The molecule has 0 amide bonds. The highest BCUT2D eigenvalue weighted by molar-refractivity contribution is 7.90. The Balaban J connectivity index is 1.90. The predicted molar refractivity (Wildman–Crippen MR) is 95.8 cm³/mol. The van der Waals surface area contributed by atoms with Crippen LogP contribution in [0.2, 0.25) is 0 Å². The minimum atomic E-state index is -3.35. The van der Waals surface area contributed by atoms with Crippen LogP contribution in [0.1, 0.15) is 22.6 Å². The molecule has 0 radical (unpaired) electrons. The molecule has 2 unspecified atom stereocenters. The summed E-state index contributed by atoms with van der Waals surface area (Å²) in [6.07, 6.45) is 1.15. The molecule has 0 saturated heterocycles. The lowest BCUT2D eigenvalue weighted by atomic mass is 10.0. The second-order valence-electron chi connectivity index (χ2n) is 5.77. The molecular formula is C18H16O5S2. The van der Waals surface area contributed by atoms with Gasteiger partial charge in [-0.25, -0.2) is 12.6 Å². The van der Waals surface area contributed by atoms with Crippen molar-refractivity contribution in [2.24, 2.45) is 0 Å². The molecule has 0 fully saturated rings. The second kappa shape index (κ2) is 7.00. The Kier molecular flexibility index (Phi) is 4.95. The third kappa shape index (κ3) is 4.10. The topological polar surface area (TPSA) is 80.7 Å². The van der Waals surface area contributed by atoms with Crippen molar-refractivity contribution in [1.29, 1.82) is 0 Å².